The van der Waals surface area contributed by atoms with Gasteiger partial charge in [0, 0.05) is 6.54 Å². The number of hydrogen-bond acceptors (Lipinski definition) is 2. The Kier molecular flexibility index (Phi) is 2.72. The number of nitrogens with one attached hydrogen (secondary N) is 1. The molecule has 0 saturated carbocycles. The summed E-state index contributed by atoms with van der Waals surface area (Å²) in [6.07, 6.45) is 1.61. The van der Waals surface area contributed by atoms with Gasteiger partial charge < -0.3 is 4.90 Å². The molecule has 16 heavy (non-hydrogen) atoms. The number of imide groups is 1. The van der Waals surface area contributed by atoms with Crippen LogP contribution in [0.15, 0.2) is 43.0 Å². The van der Waals surface area contributed by atoms with E-state index in [1.807, 2.05) is 30.3 Å². The van der Waals surface area contributed by atoms with Gasteiger partial charge in [0.1, 0.15) is 6.04 Å². The monoisotopic (exact) mass is 216 g/mol. The van der Waals surface area contributed by atoms with Crippen LogP contribution in [0.4, 0.5) is 4.79 Å². The summed E-state index contributed by atoms with van der Waals surface area (Å²) in [6, 6.07) is 8.33. The molecule has 1 unspecified atom stereocenters. The molecule has 0 spiro atoms. The lowest BCUT2D eigenvalue weighted by Gasteiger charge is -2.19. The van der Waals surface area contributed by atoms with Gasteiger partial charge in [-0.05, 0) is 5.56 Å². The van der Waals surface area contributed by atoms with E-state index in [2.05, 4.69) is 11.9 Å². The second kappa shape index (κ2) is 4.18. The second-order valence-electron chi connectivity index (χ2n) is 3.55. The van der Waals surface area contributed by atoms with Crippen LogP contribution >= 0.6 is 0 Å². The minimum absolute atomic E-state index is 0.280. The van der Waals surface area contributed by atoms with Gasteiger partial charge in [0.2, 0.25) is 0 Å². The first-order valence-electron chi connectivity index (χ1n) is 5.01. The summed E-state index contributed by atoms with van der Waals surface area (Å²) in [4.78, 5) is 24.6. The van der Waals surface area contributed by atoms with Crippen molar-refractivity contribution in [3.05, 3.63) is 48.6 Å². The van der Waals surface area contributed by atoms with Crippen molar-refractivity contribution in [3.8, 4) is 0 Å². The minimum atomic E-state index is -0.535. The Balaban J connectivity index is 2.34. The molecule has 4 nitrogen and oxygen atoms in total. The zero-order chi connectivity index (χ0) is 11.5. The molecule has 3 amide bonds. The van der Waals surface area contributed by atoms with E-state index in [-0.39, 0.29) is 11.9 Å². The standard InChI is InChI=1S/C12H12N2O2/c1-2-8-14-10(11(15)13-12(14)16)9-6-4-3-5-7-9/h2-7,10H,1,8H2,(H,13,15,16). The van der Waals surface area contributed by atoms with Crippen LogP contribution in [-0.4, -0.2) is 23.4 Å². The van der Waals surface area contributed by atoms with Gasteiger partial charge in [0.15, 0.2) is 0 Å². The van der Waals surface area contributed by atoms with Gasteiger partial charge in [0.25, 0.3) is 5.91 Å². The van der Waals surface area contributed by atoms with Gasteiger partial charge in [-0.1, -0.05) is 36.4 Å². The van der Waals surface area contributed by atoms with Crippen molar-refractivity contribution in [1.82, 2.24) is 10.2 Å². The van der Waals surface area contributed by atoms with Crippen LogP contribution < -0.4 is 5.32 Å². The van der Waals surface area contributed by atoms with E-state index >= 15 is 0 Å². The highest BCUT2D eigenvalue weighted by Gasteiger charge is 2.38. The molecule has 1 aromatic carbocycles. The normalized spacial score (nSPS) is 19.8. The molecular formula is C12H12N2O2. The molecule has 82 valence electrons. The molecule has 2 rings (SSSR count). The quantitative estimate of drug-likeness (QED) is 0.614. The molecule has 1 aliphatic rings. The first kappa shape index (κ1) is 10.4. The maximum atomic E-state index is 11.7. The van der Waals surface area contributed by atoms with Crippen LogP contribution in [0.1, 0.15) is 11.6 Å². The van der Waals surface area contributed by atoms with Gasteiger partial charge in [-0.2, -0.15) is 0 Å². The number of rotatable bonds is 3. The molecule has 4 heteroatoms. The van der Waals surface area contributed by atoms with Gasteiger partial charge in [-0.25, -0.2) is 4.79 Å². The van der Waals surface area contributed by atoms with E-state index in [0.29, 0.717) is 6.54 Å². The van der Waals surface area contributed by atoms with Crippen LogP contribution in [0.5, 0.6) is 0 Å². The number of carbonyl (C=O) groups excluding carboxylic acids is 2. The average Bonchev–Trinajstić information content (AvgIpc) is 2.56. The third-order valence-electron chi connectivity index (χ3n) is 2.49. The highest BCUT2D eigenvalue weighted by molar-refractivity contribution is 6.04. The van der Waals surface area contributed by atoms with E-state index in [9.17, 15) is 9.59 Å². The molecular weight excluding hydrogens is 204 g/mol. The van der Waals surface area contributed by atoms with Crippen LogP contribution in [0.25, 0.3) is 0 Å². The summed E-state index contributed by atoms with van der Waals surface area (Å²) in [7, 11) is 0. The molecule has 1 heterocycles. The fourth-order valence-corrected chi connectivity index (χ4v) is 1.80. The van der Waals surface area contributed by atoms with Crippen molar-refractivity contribution in [2.24, 2.45) is 0 Å². The van der Waals surface area contributed by atoms with Gasteiger partial charge in [0.05, 0.1) is 0 Å². The molecule has 0 bridgehead atoms. The van der Waals surface area contributed by atoms with Gasteiger partial charge in [-0.3, -0.25) is 10.1 Å². The Morgan fingerprint density at radius 1 is 1.31 bits per heavy atom. The summed E-state index contributed by atoms with van der Waals surface area (Å²) < 4.78 is 0. The molecule has 0 aromatic heterocycles. The minimum Gasteiger partial charge on any atom is -0.305 e. The highest BCUT2D eigenvalue weighted by atomic mass is 16.2. The second-order valence-corrected chi connectivity index (χ2v) is 3.55. The van der Waals surface area contributed by atoms with Crippen molar-refractivity contribution in [2.45, 2.75) is 6.04 Å². The lowest BCUT2D eigenvalue weighted by Crippen LogP contribution is -2.29. The summed E-state index contributed by atoms with van der Waals surface area (Å²) in [5.74, 6) is -0.280. The molecule has 1 atom stereocenters. The summed E-state index contributed by atoms with van der Waals surface area (Å²) in [6.45, 7) is 3.94. The Labute approximate surface area is 93.6 Å². The summed E-state index contributed by atoms with van der Waals surface area (Å²) in [5.41, 5.74) is 0.813. The molecule has 1 aliphatic heterocycles. The summed E-state index contributed by atoms with van der Waals surface area (Å²) >= 11 is 0. The lowest BCUT2D eigenvalue weighted by atomic mass is 10.1. The summed E-state index contributed by atoms with van der Waals surface area (Å²) in [5, 5.41) is 2.30. The Bertz CT molecular complexity index is 428. The zero-order valence-corrected chi connectivity index (χ0v) is 8.72. The number of benzene rings is 1. The van der Waals surface area contributed by atoms with Crippen molar-refractivity contribution >= 4 is 11.9 Å². The number of carbonyl (C=O) groups is 2. The maximum absolute atomic E-state index is 11.7. The smallest absolute Gasteiger partial charge is 0.305 e. The van der Waals surface area contributed by atoms with Crippen LogP contribution in [0.3, 0.4) is 0 Å². The van der Waals surface area contributed by atoms with E-state index in [0.717, 1.165) is 5.56 Å². The van der Waals surface area contributed by atoms with Crippen molar-refractivity contribution in [1.29, 1.82) is 0 Å². The number of hydrogen-bond donors (Lipinski definition) is 1. The molecule has 0 radical (unpaired) electrons. The molecule has 1 saturated heterocycles. The maximum Gasteiger partial charge on any atom is 0.325 e. The van der Waals surface area contributed by atoms with Crippen molar-refractivity contribution in [2.75, 3.05) is 6.54 Å². The third kappa shape index (κ3) is 1.69. The van der Waals surface area contributed by atoms with Gasteiger partial charge in [-0.15, -0.1) is 6.58 Å². The predicted molar refractivity (Wildman–Crippen MR) is 59.6 cm³/mol. The third-order valence-corrected chi connectivity index (χ3v) is 2.49. The largest absolute Gasteiger partial charge is 0.325 e. The fourth-order valence-electron chi connectivity index (χ4n) is 1.80. The van der Waals surface area contributed by atoms with E-state index in [1.54, 1.807) is 6.08 Å². The Morgan fingerprint density at radius 2 is 2.00 bits per heavy atom. The number of urea groups is 1. The molecule has 1 aromatic rings. The van der Waals surface area contributed by atoms with E-state index < -0.39 is 6.04 Å². The average molecular weight is 216 g/mol. The number of nitrogens with zero attached hydrogens (tertiary/aromatic N) is 1. The van der Waals surface area contributed by atoms with Crippen LogP contribution in [0, 0.1) is 0 Å². The van der Waals surface area contributed by atoms with E-state index in [4.69, 9.17) is 0 Å². The Morgan fingerprint density at radius 3 is 2.62 bits per heavy atom. The topological polar surface area (TPSA) is 49.4 Å². The lowest BCUT2D eigenvalue weighted by molar-refractivity contribution is -0.121. The molecule has 1 fully saturated rings. The fraction of sp³-hybridized carbons (Fsp3) is 0.167. The first-order chi connectivity index (χ1) is 7.74. The molecule has 1 N–H and O–H groups in total. The number of amides is 3. The first-order valence-corrected chi connectivity index (χ1v) is 5.01. The predicted octanol–water partition coefficient (Wildman–Crippen LogP) is 1.47. The van der Waals surface area contributed by atoms with Crippen LogP contribution in [-0.2, 0) is 4.79 Å². The highest BCUT2D eigenvalue weighted by Crippen LogP contribution is 2.24. The zero-order valence-electron chi connectivity index (χ0n) is 8.72. The SMILES string of the molecule is C=CCN1C(=O)NC(=O)C1c1ccccc1. The molecule has 0 aliphatic carbocycles. The van der Waals surface area contributed by atoms with Crippen molar-refractivity contribution in [3.63, 3.8) is 0 Å². The van der Waals surface area contributed by atoms with E-state index in [1.165, 1.54) is 4.90 Å². The van der Waals surface area contributed by atoms with Gasteiger partial charge >= 0.3 is 6.03 Å². The van der Waals surface area contributed by atoms with Crippen molar-refractivity contribution < 1.29 is 9.59 Å². The Hall–Kier alpha value is -2.10. The van der Waals surface area contributed by atoms with Crippen LogP contribution in [0.2, 0.25) is 0 Å².